The van der Waals surface area contributed by atoms with Crippen LogP contribution in [0, 0.1) is 0 Å². The van der Waals surface area contributed by atoms with Gasteiger partial charge in [0.1, 0.15) is 0 Å². The Morgan fingerprint density at radius 3 is 2.80 bits per heavy atom. The second kappa shape index (κ2) is 4.42. The van der Waals surface area contributed by atoms with Crippen molar-refractivity contribution in [3.05, 3.63) is 35.4 Å². The predicted octanol–water partition coefficient (Wildman–Crippen LogP) is 1.30. The van der Waals surface area contributed by atoms with Crippen LogP contribution in [-0.2, 0) is 15.9 Å². The van der Waals surface area contributed by atoms with Crippen LogP contribution >= 0.6 is 0 Å². The van der Waals surface area contributed by atoms with Crippen LogP contribution in [0.5, 0.6) is 0 Å². The van der Waals surface area contributed by atoms with Crippen LogP contribution in [0.15, 0.2) is 24.3 Å². The lowest BCUT2D eigenvalue weighted by Crippen LogP contribution is -2.11. The highest BCUT2D eigenvalue weighted by Crippen LogP contribution is 2.13. The van der Waals surface area contributed by atoms with E-state index >= 15 is 0 Å². The highest BCUT2D eigenvalue weighted by atomic mass is 16.7. The molecule has 0 aliphatic carbocycles. The molecule has 0 bridgehead atoms. The van der Waals surface area contributed by atoms with Gasteiger partial charge in [-0.25, -0.2) is 4.79 Å². The Kier molecular flexibility index (Phi) is 2.99. The van der Waals surface area contributed by atoms with Crippen molar-refractivity contribution in [2.75, 3.05) is 13.2 Å². The molecule has 1 aromatic rings. The van der Waals surface area contributed by atoms with Crippen LogP contribution in [0.3, 0.4) is 0 Å². The van der Waals surface area contributed by atoms with Gasteiger partial charge in [0, 0.05) is 6.42 Å². The van der Waals surface area contributed by atoms with Gasteiger partial charge < -0.3 is 14.6 Å². The maximum absolute atomic E-state index is 10.7. The van der Waals surface area contributed by atoms with E-state index in [1.807, 2.05) is 6.07 Å². The average Bonchev–Trinajstić information content (AvgIpc) is 2.71. The van der Waals surface area contributed by atoms with Crippen molar-refractivity contribution in [1.82, 2.24) is 0 Å². The lowest BCUT2D eigenvalue weighted by atomic mass is 10.1. The summed E-state index contributed by atoms with van der Waals surface area (Å²) in [5.41, 5.74) is 1.22. The van der Waals surface area contributed by atoms with Gasteiger partial charge in [0.05, 0.1) is 18.8 Å². The molecule has 4 heteroatoms. The largest absolute Gasteiger partial charge is 0.478 e. The van der Waals surface area contributed by atoms with Gasteiger partial charge in [-0.05, 0) is 17.7 Å². The fraction of sp³-hybridized carbons (Fsp3) is 0.364. The van der Waals surface area contributed by atoms with Gasteiger partial charge in [-0.3, -0.25) is 0 Å². The van der Waals surface area contributed by atoms with E-state index < -0.39 is 5.97 Å². The molecule has 4 nitrogen and oxygen atoms in total. The number of hydrogen-bond acceptors (Lipinski definition) is 3. The van der Waals surface area contributed by atoms with Gasteiger partial charge in [-0.1, -0.05) is 12.1 Å². The van der Waals surface area contributed by atoms with Gasteiger partial charge in [-0.15, -0.1) is 0 Å². The normalized spacial score (nSPS) is 16.8. The smallest absolute Gasteiger partial charge is 0.335 e. The fourth-order valence-electron chi connectivity index (χ4n) is 1.55. The molecule has 0 aromatic heterocycles. The van der Waals surface area contributed by atoms with Gasteiger partial charge >= 0.3 is 5.97 Å². The minimum atomic E-state index is -0.912. The van der Waals surface area contributed by atoms with Crippen molar-refractivity contribution in [3.63, 3.8) is 0 Å². The van der Waals surface area contributed by atoms with Gasteiger partial charge in [0.15, 0.2) is 6.29 Å². The zero-order valence-electron chi connectivity index (χ0n) is 8.18. The second-order valence-corrected chi connectivity index (χ2v) is 3.38. The number of aromatic carboxylic acids is 1. The third-order valence-electron chi connectivity index (χ3n) is 2.27. The summed E-state index contributed by atoms with van der Waals surface area (Å²) in [7, 11) is 0. The molecule has 0 radical (unpaired) electrons. The molecule has 1 fully saturated rings. The first-order chi connectivity index (χ1) is 7.25. The van der Waals surface area contributed by atoms with E-state index in [2.05, 4.69) is 0 Å². The van der Waals surface area contributed by atoms with E-state index in [9.17, 15) is 4.79 Å². The molecule has 1 saturated heterocycles. The minimum Gasteiger partial charge on any atom is -0.478 e. The molecule has 0 atom stereocenters. The Morgan fingerprint density at radius 1 is 1.40 bits per heavy atom. The molecule has 15 heavy (non-hydrogen) atoms. The molecule has 0 unspecified atom stereocenters. The Morgan fingerprint density at radius 2 is 2.13 bits per heavy atom. The molecule has 0 amide bonds. The second-order valence-electron chi connectivity index (χ2n) is 3.38. The van der Waals surface area contributed by atoms with Crippen LogP contribution in [-0.4, -0.2) is 30.6 Å². The van der Waals surface area contributed by atoms with E-state index in [-0.39, 0.29) is 6.29 Å². The third-order valence-corrected chi connectivity index (χ3v) is 2.27. The van der Waals surface area contributed by atoms with Crippen LogP contribution in [0.2, 0.25) is 0 Å². The molecule has 1 aliphatic heterocycles. The highest BCUT2D eigenvalue weighted by molar-refractivity contribution is 5.87. The van der Waals surface area contributed by atoms with Crippen molar-refractivity contribution >= 4 is 5.97 Å². The van der Waals surface area contributed by atoms with Crippen LogP contribution < -0.4 is 0 Å². The van der Waals surface area contributed by atoms with Crippen molar-refractivity contribution in [1.29, 1.82) is 0 Å². The number of carboxylic acids is 1. The number of hydrogen-bond donors (Lipinski definition) is 1. The number of carboxylic acid groups (broad SMARTS) is 1. The third kappa shape index (κ3) is 2.55. The summed E-state index contributed by atoms with van der Waals surface area (Å²) < 4.78 is 10.6. The average molecular weight is 208 g/mol. The molecule has 0 spiro atoms. The van der Waals surface area contributed by atoms with Crippen LogP contribution in [0.1, 0.15) is 15.9 Å². The van der Waals surface area contributed by atoms with E-state index in [1.54, 1.807) is 18.2 Å². The highest BCUT2D eigenvalue weighted by Gasteiger charge is 2.16. The Balaban J connectivity index is 2.07. The van der Waals surface area contributed by atoms with Gasteiger partial charge in [-0.2, -0.15) is 0 Å². The zero-order chi connectivity index (χ0) is 10.7. The summed E-state index contributed by atoms with van der Waals surface area (Å²) in [6.45, 7) is 1.23. The summed E-state index contributed by atoms with van der Waals surface area (Å²) in [5, 5.41) is 8.81. The summed E-state index contributed by atoms with van der Waals surface area (Å²) in [6, 6.07) is 6.82. The monoisotopic (exact) mass is 208 g/mol. The Labute approximate surface area is 87.4 Å². The van der Waals surface area contributed by atoms with Crippen molar-refractivity contribution in [2.45, 2.75) is 12.7 Å². The van der Waals surface area contributed by atoms with Gasteiger partial charge in [0.25, 0.3) is 0 Å². The standard InChI is InChI=1S/C11H12O4/c12-11(13)9-3-1-2-8(6-9)7-10-14-4-5-15-10/h1-3,6,10H,4-5,7H2,(H,12,13). The number of carbonyl (C=O) groups is 1. The van der Waals surface area contributed by atoms with Crippen molar-refractivity contribution in [2.24, 2.45) is 0 Å². The lowest BCUT2D eigenvalue weighted by Gasteiger charge is -2.08. The molecule has 1 heterocycles. The Bertz CT molecular complexity index is 355. The first kappa shape index (κ1) is 10.1. The van der Waals surface area contributed by atoms with E-state index in [1.165, 1.54) is 0 Å². The van der Waals surface area contributed by atoms with Crippen LogP contribution in [0.25, 0.3) is 0 Å². The number of rotatable bonds is 3. The zero-order valence-corrected chi connectivity index (χ0v) is 8.18. The molecule has 1 aliphatic rings. The van der Waals surface area contributed by atoms with Crippen LogP contribution in [0.4, 0.5) is 0 Å². The van der Waals surface area contributed by atoms with E-state index in [4.69, 9.17) is 14.6 Å². The van der Waals surface area contributed by atoms with E-state index in [0.29, 0.717) is 25.2 Å². The maximum atomic E-state index is 10.7. The number of ether oxygens (including phenoxy) is 2. The topological polar surface area (TPSA) is 55.8 Å². The first-order valence-corrected chi connectivity index (χ1v) is 4.81. The molecule has 1 aromatic carbocycles. The quantitative estimate of drug-likeness (QED) is 0.813. The fourth-order valence-corrected chi connectivity index (χ4v) is 1.55. The molecule has 0 saturated carbocycles. The summed E-state index contributed by atoms with van der Waals surface area (Å²) >= 11 is 0. The summed E-state index contributed by atoms with van der Waals surface area (Å²) in [4.78, 5) is 10.7. The number of benzene rings is 1. The SMILES string of the molecule is O=C(O)c1cccc(CC2OCCO2)c1. The molecular weight excluding hydrogens is 196 g/mol. The minimum absolute atomic E-state index is 0.228. The first-order valence-electron chi connectivity index (χ1n) is 4.81. The van der Waals surface area contributed by atoms with Crippen molar-refractivity contribution in [3.8, 4) is 0 Å². The summed E-state index contributed by atoms with van der Waals surface area (Å²) in [5.74, 6) is -0.912. The van der Waals surface area contributed by atoms with E-state index in [0.717, 1.165) is 5.56 Å². The lowest BCUT2D eigenvalue weighted by molar-refractivity contribution is -0.0400. The Hall–Kier alpha value is -1.39. The summed E-state index contributed by atoms with van der Waals surface area (Å²) in [6.07, 6.45) is 0.371. The maximum Gasteiger partial charge on any atom is 0.335 e. The predicted molar refractivity (Wildman–Crippen MR) is 52.8 cm³/mol. The molecule has 1 N–H and O–H groups in total. The molecule has 2 rings (SSSR count). The molecule has 80 valence electrons. The van der Waals surface area contributed by atoms with Gasteiger partial charge in [0.2, 0.25) is 0 Å². The van der Waals surface area contributed by atoms with Crippen molar-refractivity contribution < 1.29 is 19.4 Å². The molecular formula is C11H12O4.